The highest BCUT2D eigenvalue weighted by Crippen LogP contribution is 2.45. The molecule has 0 atom stereocenters. The summed E-state index contributed by atoms with van der Waals surface area (Å²) in [5, 5.41) is 15.2. The number of H-pyrrole nitrogens is 1. The topological polar surface area (TPSA) is 136 Å². The van der Waals surface area contributed by atoms with Gasteiger partial charge in [0.05, 0.1) is 35.6 Å². The lowest BCUT2D eigenvalue weighted by atomic mass is 9.70. The molecule has 228 valence electrons. The van der Waals surface area contributed by atoms with Gasteiger partial charge in [-0.3, -0.25) is 19.3 Å². The van der Waals surface area contributed by atoms with E-state index in [9.17, 15) is 23.2 Å². The minimum Gasteiger partial charge on any atom is -0.346 e. The lowest BCUT2D eigenvalue weighted by molar-refractivity contribution is -0.145. The number of aromatic amines is 1. The Hall–Kier alpha value is -4.42. The average Bonchev–Trinajstić information content (AvgIpc) is 3.66. The van der Waals surface area contributed by atoms with Crippen LogP contribution in [0.25, 0.3) is 22.3 Å². The average molecular weight is 606 g/mol. The molecular formula is C29H30F3N11O. The van der Waals surface area contributed by atoms with Gasteiger partial charge in [0.1, 0.15) is 17.7 Å². The Morgan fingerprint density at radius 2 is 1.91 bits per heavy atom. The molecule has 6 heterocycles. The van der Waals surface area contributed by atoms with Crippen molar-refractivity contribution in [3.05, 3.63) is 54.3 Å². The van der Waals surface area contributed by atoms with E-state index in [1.165, 1.54) is 12.4 Å². The van der Waals surface area contributed by atoms with Crippen molar-refractivity contribution in [3.63, 3.8) is 0 Å². The van der Waals surface area contributed by atoms with Gasteiger partial charge in [-0.2, -0.15) is 23.5 Å². The number of nitrogens with zero attached hydrogens (tertiary/aromatic N) is 10. The van der Waals surface area contributed by atoms with Crippen LogP contribution in [0.15, 0.2) is 37.1 Å². The molecule has 2 saturated heterocycles. The third kappa shape index (κ3) is 5.17. The molecule has 1 N–H and O–H groups in total. The highest BCUT2D eigenvalue weighted by atomic mass is 19.4. The number of hydrogen-bond donors (Lipinski definition) is 1. The van der Waals surface area contributed by atoms with Crippen molar-refractivity contribution in [2.45, 2.75) is 50.0 Å². The molecule has 0 unspecified atom stereocenters. The molecule has 12 nitrogen and oxygen atoms in total. The van der Waals surface area contributed by atoms with Gasteiger partial charge in [0.25, 0.3) is 5.91 Å². The molecular weight excluding hydrogens is 575 g/mol. The largest absolute Gasteiger partial charge is 0.451 e. The summed E-state index contributed by atoms with van der Waals surface area (Å²) in [7, 11) is 0. The highest BCUT2D eigenvalue weighted by Gasteiger charge is 2.49. The molecule has 2 aliphatic heterocycles. The van der Waals surface area contributed by atoms with E-state index >= 15 is 0 Å². The van der Waals surface area contributed by atoms with Gasteiger partial charge in [0.15, 0.2) is 0 Å². The van der Waals surface area contributed by atoms with Crippen LogP contribution < -0.4 is 0 Å². The summed E-state index contributed by atoms with van der Waals surface area (Å²) in [6, 6.07) is 5.84. The number of amides is 1. The van der Waals surface area contributed by atoms with E-state index in [0.717, 1.165) is 54.6 Å². The predicted octanol–water partition coefficient (Wildman–Crippen LogP) is 3.07. The van der Waals surface area contributed by atoms with Gasteiger partial charge in [-0.15, -0.1) is 0 Å². The minimum absolute atomic E-state index is 0.197. The first-order valence-electron chi connectivity index (χ1n) is 14.6. The number of aromatic nitrogens is 7. The van der Waals surface area contributed by atoms with Crippen LogP contribution >= 0.6 is 0 Å². The number of carbonyl (C=O) groups excluding carboxylic acids is 1. The number of nitrogens with one attached hydrogen (secondary N) is 1. The van der Waals surface area contributed by atoms with Crippen LogP contribution in [0.3, 0.4) is 0 Å². The molecule has 3 fully saturated rings. The van der Waals surface area contributed by atoms with Crippen LogP contribution in [0.4, 0.5) is 13.2 Å². The Kier molecular flexibility index (Phi) is 7.05. The molecule has 1 saturated carbocycles. The maximum atomic E-state index is 13.5. The first-order chi connectivity index (χ1) is 21.2. The fourth-order valence-electron chi connectivity index (χ4n) is 6.48. The first-order valence-corrected chi connectivity index (χ1v) is 14.6. The SMILES string of the molecule is N#CC[C@]1(n2cc(-c3ncnc4[nH]ccc34)cn2)C[C@@H](N2CCN(C(=O)c3cc(CN4CCC4)nc(C(F)(F)F)n3)CC2)C1. The van der Waals surface area contributed by atoms with Crippen molar-refractivity contribution in [2.75, 3.05) is 39.3 Å². The van der Waals surface area contributed by atoms with Crippen LogP contribution in [-0.2, 0) is 18.3 Å². The summed E-state index contributed by atoms with van der Waals surface area (Å²) in [6.07, 6.45) is 5.03. The number of fused-ring (bicyclic) bond motifs is 1. The van der Waals surface area contributed by atoms with Gasteiger partial charge in [-0.25, -0.2) is 19.9 Å². The maximum Gasteiger partial charge on any atom is 0.451 e. The zero-order chi connectivity index (χ0) is 30.5. The van der Waals surface area contributed by atoms with Crippen molar-refractivity contribution in [1.82, 2.24) is 49.4 Å². The molecule has 3 aliphatic rings. The lowest BCUT2D eigenvalue weighted by Gasteiger charge is -2.52. The number of carbonyl (C=O) groups is 1. The van der Waals surface area contributed by atoms with E-state index in [2.05, 4.69) is 41.0 Å². The third-order valence-electron chi connectivity index (χ3n) is 9.04. The second kappa shape index (κ2) is 10.9. The fraction of sp³-hybridized carbons (Fsp3) is 0.483. The van der Waals surface area contributed by atoms with Crippen molar-refractivity contribution in [3.8, 4) is 17.3 Å². The smallest absolute Gasteiger partial charge is 0.346 e. The number of likely N-dealkylation sites (tertiary alicyclic amines) is 1. The normalized spacial score (nSPS) is 22.9. The van der Waals surface area contributed by atoms with Crippen molar-refractivity contribution >= 4 is 16.9 Å². The molecule has 4 aromatic heterocycles. The van der Waals surface area contributed by atoms with E-state index in [4.69, 9.17) is 0 Å². The molecule has 7 rings (SSSR count). The van der Waals surface area contributed by atoms with Gasteiger partial charge in [0.2, 0.25) is 5.82 Å². The van der Waals surface area contributed by atoms with Crippen molar-refractivity contribution in [1.29, 1.82) is 5.26 Å². The number of halogens is 3. The predicted molar refractivity (Wildman–Crippen MR) is 151 cm³/mol. The van der Waals surface area contributed by atoms with Gasteiger partial charge in [0, 0.05) is 62.1 Å². The van der Waals surface area contributed by atoms with E-state index in [0.29, 0.717) is 32.6 Å². The molecule has 0 radical (unpaired) electrons. The maximum absolute atomic E-state index is 13.5. The summed E-state index contributed by atoms with van der Waals surface area (Å²) < 4.78 is 42.5. The van der Waals surface area contributed by atoms with E-state index < -0.39 is 23.4 Å². The lowest BCUT2D eigenvalue weighted by Crippen LogP contribution is -2.60. The Bertz CT molecular complexity index is 1720. The summed E-state index contributed by atoms with van der Waals surface area (Å²) in [5.74, 6) is -1.79. The van der Waals surface area contributed by atoms with Gasteiger partial charge in [-0.1, -0.05) is 0 Å². The second-order valence-corrected chi connectivity index (χ2v) is 11.8. The first kappa shape index (κ1) is 28.4. The van der Waals surface area contributed by atoms with E-state index in [-0.39, 0.29) is 24.0 Å². The Balaban J connectivity index is 1.01. The van der Waals surface area contributed by atoms with E-state index in [1.807, 2.05) is 28.0 Å². The zero-order valence-electron chi connectivity index (χ0n) is 23.8. The van der Waals surface area contributed by atoms with Gasteiger partial charge >= 0.3 is 6.18 Å². The highest BCUT2D eigenvalue weighted by molar-refractivity contribution is 5.92. The van der Waals surface area contributed by atoms with Crippen LogP contribution in [0.5, 0.6) is 0 Å². The van der Waals surface area contributed by atoms with Gasteiger partial charge in [-0.05, 0) is 44.5 Å². The Morgan fingerprint density at radius 1 is 1.11 bits per heavy atom. The summed E-state index contributed by atoms with van der Waals surface area (Å²) in [5.41, 5.74) is 1.89. The van der Waals surface area contributed by atoms with E-state index in [1.54, 1.807) is 11.1 Å². The molecule has 1 amide bonds. The number of hydrogen-bond acceptors (Lipinski definition) is 9. The summed E-state index contributed by atoms with van der Waals surface area (Å²) in [6.45, 7) is 3.77. The third-order valence-corrected chi connectivity index (χ3v) is 9.04. The zero-order valence-corrected chi connectivity index (χ0v) is 23.8. The van der Waals surface area contributed by atoms with Crippen LogP contribution in [-0.4, -0.2) is 101 Å². The Labute approximate surface area is 250 Å². The van der Waals surface area contributed by atoms with Crippen LogP contribution in [0, 0.1) is 11.3 Å². The summed E-state index contributed by atoms with van der Waals surface area (Å²) >= 11 is 0. The molecule has 15 heteroatoms. The molecule has 1 aliphatic carbocycles. The molecule has 0 bridgehead atoms. The quantitative estimate of drug-likeness (QED) is 0.337. The molecule has 0 spiro atoms. The number of nitriles is 1. The van der Waals surface area contributed by atoms with Crippen LogP contribution in [0.2, 0.25) is 0 Å². The standard InChI is InChI=1S/C29H30F3N11O/c30-29(31,32)27-38-20(17-40-6-1-7-40)12-23(39-27)26(44)42-10-8-41(9-11-42)21-13-28(14-21,3-4-33)43-16-19(15-37-43)24-22-2-5-34-25(22)36-18-35-24/h2,5,12,15-16,18,21H,1,3,6-11,13-14,17H2,(H,34,35,36)/t21-,28+. The number of rotatable bonds is 7. The molecule has 44 heavy (non-hydrogen) atoms. The van der Waals surface area contributed by atoms with Gasteiger partial charge < -0.3 is 9.88 Å². The Morgan fingerprint density at radius 3 is 2.61 bits per heavy atom. The molecule has 0 aromatic carbocycles. The van der Waals surface area contributed by atoms with Crippen molar-refractivity contribution < 1.29 is 18.0 Å². The number of piperazine rings is 1. The minimum atomic E-state index is -4.74. The van der Waals surface area contributed by atoms with Crippen LogP contribution in [0.1, 0.15) is 47.7 Å². The monoisotopic (exact) mass is 605 g/mol. The summed E-state index contributed by atoms with van der Waals surface area (Å²) in [4.78, 5) is 38.2. The van der Waals surface area contributed by atoms with Crippen molar-refractivity contribution in [2.24, 2.45) is 0 Å². The fourth-order valence-corrected chi connectivity index (χ4v) is 6.48. The molecule has 4 aromatic rings. The number of alkyl halides is 3. The second-order valence-electron chi connectivity index (χ2n) is 11.8.